The van der Waals surface area contributed by atoms with Crippen LogP contribution in [0.4, 0.5) is 11.4 Å². The van der Waals surface area contributed by atoms with E-state index >= 15 is 0 Å². The molecule has 9 heteroatoms. The molecule has 1 amide bonds. The lowest BCUT2D eigenvalue weighted by Gasteiger charge is -2.18. The molecule has 2 heterocycles. The number of aromatic nitrogens is 4. The summed E-state index contributed by atoms with van der Waals surface area (Å²) in [5.41, 5.74) is 7.70. The molecule has 0 saturated carbocycles. The Hall–Kier alpha value is -3.62. The SMILES string of the molecule is Nc1ccc(-c2nnn(CC(=O)Nc3ccc4c(c3)OCCO4)n2)cc1. The molecule has 1 aromatic heterocycles. The van der Waals surface area contributed by atoms with Gasteiger partial charge in [-0.25, -0.2) is 0 Å². The number of nitrogen functional groups attached to an aromatic ring is 1. The maximum atomic E-state index is 12.2. The molecule has 2 aromatic carbocycles. The number of ether oxygens (including phenoxy) is 2. The second-order valence-corrected chi connectivity index (χ2v) is 5.67. The Kier molecular flexibility index (Phi) is 4.10. The summed E-state index contributed by atoms with van der Waals surface area (Å²) >= 11 is 0. The van der Waals surface area contributed by atoms with Gasteiger partial charge >= 0.3 is 0 Å². The van der Waals surface area contributed by atoms with Gasteiger partial charge < -0.3 is 20.5 Å². The van der Waals surface area contributed by atoms with Crippen molar-refractivity contribution in [3.8, 4) is 22.9 Å². The minimum atomic E-state index is -0.275. The molecular weight excluding hydrogens is 336 g/mol. The van der Waals surface area contributed by atoms with Crippen LogP contribution in [0.25, 0.3) is 11.4 Å². The van der Waals surface area contributed by atoms with E-state index in [1.807, 2.05) is 0 Å². The zero-order chi connectivity index (χ0) is 17.9. The number of hydrogen-bond donors (Lipinski definition) is 2. The maximum absolute atomic E-state index is 12.2. The van der Waals surface area contributed by atoms with Crippen molar-refractivity contribution in [2.75, 3.05) is 24.3 Å². The number of tetrazole rings is 1. The normalized spacial score (nSPS) is 12.6. The summed E-state index contributed by atoms with van der Waals surface area (Å²) in [4.78, 5) is 13.4. The van der Waals surface area contributed by atoms with Gasteiger partial charge in [0.25, 0.3) is 0 Å². The highest BCUT2D eigenvalue weighted by Crippen LogP contribution is 2.32. The molecule has 0 spiro atoms. The zero-order valence-electron chi connectivity index (χ0n) is 13.8. The van der Waals surface area contributed by atoms with Gasteiger partial charge in [0.1, 0.15) is 19.8 Å². The number of nitrogens with zero attached hydrogens (tertiary/aromatic N) is 4. The number of nitrogens with one attached hydrogen (secondary N) is 1. The van der Waals surface area contributed by atoms with Gasteiger partial charge in [0.2, 0.25) is 11.7 Å². The van der Waals surface area contributed by atoms with Crippen molar-refractivity contribution >= 4 is 17.3 Å². The van der Waals surface area contributed by atoms with Gasteiger partial charge in [0.15, 0.2) is 11.5 Å². The third-order valence-electron chi connectivity index (χ3n) is 3.73. The zero-order valence-corrected chi connectivity index (χ0v) is 13.8. The van der Waals surface area contributed by atoms with Crippen molar-refractivity contribution in [1.29, 1.82) is 0 Å². The summed E-state index contributed by atoms with van der Waals surface area (Å²) in [6.07, 6.45) is 0. The van der Waals surface area contributed by atoms with Crippen molar-refractivity contribution < 1.29 is 14.3 Å². The van der Waals surface area contributed by atoms with Crippen LogP contribution in [0.1, 0.15) is 0 Å². The predicted molar refractivity (Wildman–Crippen MR) is 93.7 cm³/mol. The highest BCUT2D eigenvalue weighted by atomic mass is 16.6. The largest absolute Gasteiger partial charge is 0.486 e. The minimum absolute atomic E-state index is 0.0591. The highest BCUT2D eigenvalue weighted by Gasteiger charge is 2.14. The summed E-state index contributed by atoms with van der Waals surface area (Å²) in [5.74, 6) is 1.43. The van der Waals surface area contributed by atoms with E-state index in [1.54, 1.807) is 42.5 Å². The van der Waals surface area contributed by atoms with Gasteiger partial charge in [0.05, 0.1) is 0 Å². The highest BCUT2D eigenvalue weighted by molar-refractivity contribution is 5.90. The van der Waals surface area contributed by atoms with E-state index in [-0.39, 0.29) is 12.5 Å². The van der Waals surface area contributed by atoms with Crippen LogP contribution in [0.3, 0.4) is 0 Å². The smallest absolute Gasteiger partial charge is 0.248 e. The lowest BCUT2D eigenvalue weighted by Crippen LogP contribution is -2.21. The number of benzene rings is 2. The Morgan fingerprint density at radius 1 is 1.12 bits per heavy atom. The molecule has 26 heavy (non-hydrogen) atoms. The van der Waals surface area contributed by atoms with Crippen molar-refractivity contribution in [3.63, 3.8) is 0 Å². The van der Waals surface area contributed by atoms with E-state index in [2.05, 4.69) is 20.7 Å². The summed E-state index contributed by atoms with van der Waals surface area (Å²) < 4.78 is 11.0. The third-order valence-corrected chi connectivity index (χ3v) is 3.73. The van der Waals surface area contributed by atoms with Crippen molar-refractivity contribution in [1.82, 2.24) is 20.2 Å². The van der Waals surface area contributed by atoms with Crippen molar-refractivity contribution in [3.05, 3.63) is 42.5 Å². The molecule has 3 N–H and O–H groups in total. The Labute approximate surface area is 148 Å². The average Bonchev–Trinajstić information content (AvgIpc) is 3.10. The lowest BCUT2D eigenvalue weighted by atomic mass is 10.2. The standard InChI is InChI=1S/C17H16N6O3/c18-12-3-1-11(2-4-12)17-20-22-23(21-17)10-16(24)19-13-5-6-14-15(9-13)26-8-7-25-14/h1-6,9H,7-8,10,18H2,(H,19,24). The second-order valence-electron chi connectivity index (χ2n) is 5.67. The number of anilines is 2. The van der Waals surface area contributed by atoms with Crippen LogP contribution in [0.2, 0.25) is 0 Å². The van der Waals surface area contributed by atoms with E-state index in [0.29, 0.717) is 41.9 Å². The van der Waals surface area contributed by atoms with Crippen LogP contribution in [-0.4, -0.2) is 39.3 Å². The molecule has 0 fully saturated rings. The van der Waals surface area contributed by atoms with Gasteiger partial charge in [-0.2, -0.15) is 4.80 Å². The van der Waals surface area contributed by atoms with Gasteiger partial charge in [-0.1, -0.05) is 0 Å². The Bertz CT molecular complexity index is 938. The van der Waals surface area contributed by atoms with Crippen LogP contribution in [0.5, 0.6) is 11.5 Å². The second kappa shape index (κ2) is 6.71. The predicted octanol–water partition coefficient (Wildman–Crippen LogP) is 1.33. The molecule has 0 unspecified atom stereocenters. The van der Waals surface area contributed by atoms with Crippen LogP contribution < -0.4 is 20.5 Å². The molecule has 4 rings (SSSR count). The topological polar surface area (TPSA) is 117 Å². The van der Waals surface area contributed by atoms with Crippen LogP contribution in [0, 0.1) is 0 Å². The van der Waals surface area contributed by atoms with Crippen molar-refractivity contribution in [2.24, 2.45) is 0 Å². The number of fused-ring (bicyclic) bond motifs is 1. The summed E-state index contributed by atoms with van der Waals surface area (Å²) in [6.45, 7) is 0.949. The summed E-state index contributed by atoms with van der Waals surface area (Å²) in [5, 5.41) is 14.9. The number of carbonyl (C=O) groups is 1. The van der Waals surface area contributed by atoms with Gasteiger partial charge in [-0.3, -0.25) is 4.79 Å². The molecular formula is C17H16N6O3. The third kappa shape index (κ3) is 3.41. The lowest BCUT2D eigenvalue weighted by molar-refractivity contribution is -0.117. The number of hydrogen-bond acceptors (Lipinski definition) is 7. The molecule has 0 atom stereocenters. The molecule has 9 nitrogen and oxygen atoms in total. The molecule has 3 aromatic rings. The Morgan fingerprint density at radius 2 is 1.88 bits per heavy atom. The van der Waals surface area contributed by atoms with Crippen molar-refractivity contribution in [2.45, 2.75) is 6.54 Å². The quantitative estimate of drug-likeness (QED) is 0.680. The number of nitrogens with two attached hydrogens (primary N) is 1. The number of rotatable bonds is 4. The Balaban J connectivity index is 1.41. The Morgan fingerprint density at radius 3 is 2.69 bits per heavy atom. The van der Waals surface area contributed by atoms with E-state index in [1.165, 1.54) is 4.80 Å². The molecule has 1 aliphatic rings. The molecule has 132 valence electrons. The van der Waals surface area contributed by atoms with E-state index in [0.717, 1.165) is 5.56 Å². The molecule has 0 radical (unpaired) electrons. The summed E-state index contributed by atoms with van der Waals surface area (Å²) in [6, 6.07) is 12.3. The maximum Gasteiger partial charge on any atom is 0.248 e. The fraction of sp³-hybridized carbons (Fsp3) is 0.176. The first-order chi connectivity index (χ1) is 12.7. The van der Waals surface area contributed by atoms with Gasteiger partial charge in [-0.15, -0.1) is 10.2 Å². The van der Waals surface area contributed by atoms with Gasteiger partial charge in [0, 0.05) is 23.0 Å². The van der Waals surface area contributed by atoms with E-state index in [9.17, 15) is 4.79 Å². The van der Waals surface area contributed by atoms with E-state index in [4.69, 9.17) is 15.2 Å². The van der Waals surface area contributed by atoms with Crippen LogP contribution in [-0.2, 0) is 11.3 Å². The molecule has 1 aliphatic heterocycles. The molecule has 0 bridgehead atoms. The fourth-order valence-corrected chi connectivity index (χ4v) is 2.51. The van der Waals surface area contributed by atoms with Crippen LogP contribution >= 0.6 is 0 Å². The first kappa shape index (κ1) is 15.9. The number of carbonyl (C=O) groups excluding carboxylic acids is 1. The average molecular weight is 352 g/mol. The first-order valence-electron chi connectivity index (χ1n) is 8.00. The first-order valence-corrected chi connectivity index (χ1v) is 8.00. The fourth-order valence-electron chi connectivity index (χ4n) is 2.51. The minimum Gasteiger partial charge on any atom is -0.486 e. The summed E-state index contributed by atoms with van der Waals surface area (Å²) in [7, 11) is 0. The monoisotopic (exact) mass is 352 g/mol. The van der Waals surface area contributed by atoms with Crippen LogP contribution in [0.15, 0.2) is 42.5 Å². The molecule has 0 aliphatic carbocycles. The number of amides is 1. The van der Waals surface area contributed by atoms with E-state index < -0.39 is 0 Å². The van der Waals surface area contributed by atoms with Gasteiger partial charge in [-0.05, 0) is 41.6 Å². The molecule has 0 saturated heterocycles.